The summed E-state index contributed by atoms with van der Waals surface area (Å²) in [6.07, 6.45) is 1.93. The van der Waals surface area contributed by atoms with Crippen LogP contribution in [0.25, 0.3) is 0 Å². The van der Waals surface area contributed by atoms with Crippen LogP contribution >= 0.6 is 0 Å². The van der Waals surface area contributed by atoms with E-state index in [0.29, 0.717) is 30.0 Å². The zero-order valence-electron chi connectivity index (χ0n) is 15.6. The Morgan fingerprint density at radius 1 is 1.04 bits per heavy atom. The van der Waals surface area contributed by atoms with Crippen molar-refractivity contribution in [2.45, 2.75) is 33.6 Å². The molecule has 0 atom stereocenters. The Morgan fingerprint density at radius 2 is 1.81 bits per heavy atom. The lowest BCUT2D eigenvalue weighted by Crippen LogP contribution is -2.26. The molecule has 0 unspecified atom stereocenters. The van der Waals surface area contributed by atoms with Gasteiger partial charge in [-0.2, -0.15) is 0 Å². The molecule has 5 heteroatoms. The topological polar surface area (TPSA) is 67.4 Å². The molecule has 2 N–H and O–H groups in total. The van der Waals surface area contributed by atoms with E-state index in [1.807, 2.05) is 13.8 Å². The van der Waals surface area contributed by atoms with Crippen molar-refractivity contribution < 1.29 is 14.3 Å². The largest absolute Gasteiger partial charge is 0.494 e. The standard InChI is InChI=1S/C21H26N2O3/c1-4-6-13-22-21(25)17-9-7-8-10-18(17)23-20(24)16-11-12-19(26-5-2)15(3)14-16/h7-12,14H,4-6,13H2,1-3H3,(H,22,25)(H,23,24). The van der Waals surface area contributed by atoms with Crippen molar-refractivity contribution in [3.05, 3.63) is 59.2 Å². The van der Waals surface area contributed by atoms with E-state index in [2.05, 4.69) is 17.6 Å². The Bertz CT molecular complexity index is 772. The Morgan fingerprint density at radius 3 is 2.50 bits per heavy atom. The van der Waals surface area contributed by atoms with Crippen molar-refractivity contribution in [2.75, 3.05) is 18.5 Å². The van der Waals surface area contributed by atoms with E-state index in [1.165, 1.54) is 0 Å². The Hall–Kier alpha value is -2.82. The van der Waals surface area contributed by atoms with Gasteiger partial charge in [-0.3, -0.25) is 9.59 Å². The highest BCUT2D eigenvalue weighted by molar-refractivity contribution is 6.09. The quantitative estimate of drug-likeness (QED) is 0.699. The molecule has 0 aliphatic heterocycles. The summed E-state index contributed by atoms with van der Waals surface area (Å²) in [6.45, 7) is 7.08. The average Bonchev–Trinajstić information content (AvgIpc) is 2.64. The average molecular weight is 354 g/mol. The number of hydrogen-bond donors (Lipinski definition) is 2. The molecule has 2 aromatic rings. The molecule has 0 saturated carbocycles. The van der Waals surface area contributed by atoms with E-state index < -0.39 is 0 Å². The molecule has 0 bridgehead atoms. The third-order valence-corrected chi connectivity index (χ3v) is 3.97. The van der Waals surface area contributed by atoms with E-state index in [9.17, 15) is 9.59 Å². The van der Waals surface area contributed by atoms with Crippen molar-refractivity contribution in [2.24, 2.45) is 0 Å². The van der Waals surface area contributed by atoms with Gasteiger partial charge in [0, 0.05) is 12.1 Å². The third-order valence-electron chi connectivity index (χ3n) is 3.97. The minimum Gasteiger partial charge on any atom is -0.494 e. The number of carbonyl (C=O) groups is 2. The highest BCUT2D eigenvalue weighted by Gasteiger charge is 2.14. The molecule has 5 nitrogen and oxygen atoms in total. The van der Waals surface area contributed by atoms with Crippen molar-refractivity contribution in [1.82, 2.24) is 5.32 Å². The molecule has 0 saturated heterocycles. The van der Waals surface area contributed by atoms with E-state index in [0.717, 1.165) is 24.2 Å². The Kier molecular flexibility index (Phi) is 7.21. The van der Waals surface area contributed by atoms with Gasteiger partial charge in [0.05, 0.1) is 17.9 Å². The number of nitrogens with one attached hydrogen (secondary N) is 2. The summed E-state index contributed by atoms with van der Waals surface area (Å²) in [4.78, 5) is 24.9. The van der Waals surface area contributed by atoms with Crippen LogP contribution in [0, 0.1) is 6.92 Å². The van der Waals surface area contributed by atoms with Crippen LogP contribution in [-0.4, -0.2) is 25.0 Å². The van der Waals surface area contributed by atoms with Crippen LogP contribution in [0.15, 0.2) is 42.5 Å². The first kappa shape index (κ1) is 19.5. The van der Waals surface area contributed by atoms with Gasteiger partial charge >= 0.3 is 0 Å². The van der Waals surface area contributed by atoms with Crippen LogP contribution in [0.1, 0.15) is 53.0 Å². The molecule has 26 heavy (non-hydrogen) atoms. The van der Waals surface area contributed by atoms with Gasteiger partial charge in [0.15, 0.2) is 0 Å². The van der Waals surface area contributed by atoms with Gasteiger partial charge in [0.2, 0.25) is 0 Å². The third kappa shape index (κ3) is 5.09. The van der Waals surface area contributed by atoms with Gasteiger partial charge in [0.1, 0.15) is 5.75 Å². The second-order valence-corrected chi connectivity index (χ2v) is 6.02. The maximum atomic E-state index is 12.6. The van der Waals surface area contributed by atoms with E-state index in [-0.39, 0.29) is 11.8 Å². The number of unbranched alkanes of at least 4 members (excludes halogenated alkanes) is 1. The fourth-order valence-electron chi connectivity index (χ4n) is 2.57. The summed E-state index contributed by atoms with van der Waals surface area (Å²) >= 11 is 0. The maximum Gasteiger partial charge on any atom is 0.255 e. The predicted octanol–water partition coefficient (Wildman–Crippen LogP) is 4.18. The lowest BCUT2D eigenvalue weighted by molar-refractivity contribution is 0.0954. The first-order valence-corrected chi connectivity index (χ1v) is 8.98. The molecule has 0 aliphatic carbocycles. The van der Waals surface area contributed by atoms with E-state index in [1.54, 1.807) is 42.5 Å². The molecule has 0 spiro atoms. The van der Waals surface area contributed by atoms with Gasteiger partial charge in [0.25, 0.3) is 11.8 Å². The maximum absolute atomic E-state index is 12.6. The van der Waals surface area contributed by atoms with Gasteiger partial charge in [-0.25, -0.2) is 0 Å². The number of aryl methyl sites for hydroxylation is 1. The lowest BCUT2D eigenvalue weighted by atomic mass is 10.1. The van der Waals surface area contributed by atoms with Crippen LogP contribution in [-0.2, 0) is 0 Å². The second kappa shape index (κ2) is 9.61. The number of anilines is 1. The summed E-state index contributed by atoms with van der Waals surface area (Å²) in [6, 6.07) is 12.3. The first-order chi connectivity index (χ1) is 12.6. The van der Waals surface area contributed by atoms with Crippen LogP contribution in [0.5, 0.6) is 5.75 Å². The molecule has 2 rings (SSSR count). The normalized spacial score (nSPS) is 10.3. The van der Waals surface area contributed by atoms with Crippen molar-refractivity contribution in [3.63, 3.8) is 0 Å². The molecular weight excluding hydrogens is 328 g/mol. The number of benzene rings is 2. The zero-order valence-corrected chi connectivity index (χ0v) is 15.6. The number of hydrogen-bond acceptors (Lipinski definition) is 3. The highest BCUT2D eigenvalue weighted by Crippen LogP contribution is 2.21. The van der Waals surface area contributed by atoms with Gasteiger partial charge in [-0.15, -0.1) is 0 Å². The van der Waals surface area contributed by atoms with E-state index >= 15 is 0 Å². The highest BCUT2D eigenvalue weighted by atomic mass is 16.5. The van der Waals surface area contributed by atoms with Crippen molar-refractivity contribution in [3.8, 4) is 5.75 Å². The number of rotatable bonds is 8. The molecule has 138 valence electrons. The van der Waals surface area contributed by atoms with Crippen LogP contribution in [0.3, 0.4) is 0 Å². The van der Waals surface area contributed by atoms with E-state index in [4.69, 9.17) is 4.74 Å². The number of para-hydroxylation sites is 1. The van der Waals surface area contributed by atoms with Crippen LogP contribution in [0.2, 0.25) is 0 Å². The van der Waals surface area contributed by atoms with Crippen molar-refractivity contribution >= 4 is 17.5 Å². The van der Waals surface area contributed by atoms with Crippen molar-refractivity contribution in [1.29, 1.82) is 0 Å². The minimum absolute atomic E-state index is 0.183. The first-order valence-electron chi connectivity index (χ1n) is 8.98. The molecule has 2 aromatic carbocycles. The van der Waals surface area contributed by atoms with Gasteiger partial charge < -0.3 is 15.4 Å². The lowest BCUT2D eigenvalue weighted by Gasteiger charge is -2.12. The fourth-order valence-corrected chi connectivity index (χ4v) is 2.57. The van der Waals surface area contributed by atoms with Crippen LogP contribution in [0.4, 0.5) is 5.69 Å². The molecule has 0 heterocycles. The smallest absolute Gasteiger partial charge is 0.255 e. The second-order valence-electron chi connectivity index (χ2n) is 6.02. The molecule has 2 amide bonds. The van der Waals surface area contributed by atoms with Gasteiger partial charge in [-0.05, 0) is 56.2 Å². The number of amides is 2. The summed E-state index contributed by atoms with van der Waals surface area (Å²) < 4.78 is 5.50. The zero-order chi connectivity index (χ0) is 18.9. The summed E-state index contributed by atoms with van der Waals surface area (Å²) in [7, 11) is 0. The molecule has 0 fully saturated rings. The Balaban J connectivity index is 2.14. The summed E-state index contributed by atoms with van der Waals surface area (Å²) in [5.41, 5.74) is 2.37. The molecule has 0 aromatic heterocycles. The fraction of sp³-hybridized carbons (Fsp3) is 0.333. The predicted molar refractivity (Wildman–Crippen MR) is 104 cm³/mol. The Labute approximate surface area is 154 Å². The van der Waals surface area contributed by atoms with Gasteiger partial charge in [-0.1, -0.05) is 25.5 Å². The number of carbonyl (C=O) groups excluding carboxylic acids is 2. The molecule has 0 aliphatic rings. The SMILES string of the molecule is CCCCNC(=O)c1ccccc1NC(=O)c1ccc(OCC)c(C)c1. The number of ether oxygens (including phenoxy) is 1. The summed E-state index contributed by atoms with van der Waals surface area (Å²) in [5.74, 6) is 0.321. The van der Waals surface area contributed by atoms with Crippen LogP contribution < -0.4 is 15.4 Å². The molecular formula is C21H26N2O3. The minimum atomic E-state index is -0.259. The summed E-state index contributed by atoms with van der Waals surface area (Å²) in [5, 5.41) is 5.71. The monoisotopic (exact) mass is 354 g/mol. The molecule has 0 radical (unpaired) electrons.